The lowest BCUT2D eigenvalue weighted by molar-refractivity contribution is -0.138. The molecule has 0 spiro atoms. The van der Waals surface area contributed by atoms with Crippen LogP contribution in [0.1, 0.15) is 30.4 Å². The Balaban J connectivity index is 3.24. The second kappa shape index (κ2) is 4.62. The van der Waals surface area contributed by atoms with Crippen molar-refractivity contribution in [1.82, 2.24) is 0 Å². The summed E-state index contributed by atoms with van der Waals surface area (Å²) >= 11 is 5.89. The minimum atomic E-state index is -0.984. The van der Waals surface area contributed by atoms with Crippen molar-refractivity contribution < 1.29 is 14.3 Å². The molecule has 1 unspecified atom stereocenters. The van der Waals surface area contributed by atoms with Crippen molar-refractivity contribution in [2.24, 2.45) is 0 Å². The van der Waals surface area contributed by atoms with Gasteiger partial charge in [-0.05, 0) is 36.6 Å². The van der Waals surface area contributed by atoms with E-state index in [1.165, 1.54) is 12.1 Å². The third-order valence-electron chi connectivity index (χ3n) is 2.36. The number of halogens is 2. The molecule has 1 rings (SSSR count). The van der Waals surface area contributed by atoms with Gasteiger partial charge in [-0.25, -0.2) is 4.39 Å². The van der Waals surface area contributed by atoms with Gasteiger partial charge in [-0.1, -0.05) is 18.5 Å². The Hall–Kier alpha value is -1.09. The Morgan fingerprint density at radius 1 is 1.60 bits per heavy atom. The van der Waals surface area contributed by atoms with Crippen LogP contribution in [0.15, 0.2) is 12.1 Å². The molecule has 0 amide bonds. The first-order chi connectivity index (χ1) is 6.97. The average molecular weight is 231 g/mol. The van der Waals surface area contributed by atoms with Crippen molar-refractivity contribution in [3.05, 3.63) is 34.1 Å². The van der Waals surface area contributed by atoms with E-state index in [9.17, 15) is 9.18 Å². The maximum absolute atomic E-state index is 13.3. The molecule has 0 bridgehead atoms. The molecule has 1 N–H and O–H groups in total. The highest BCUT2D eigenvalue weighted by molar-refractivity contribution is 6.31. The molecule has 4 heteroatoms. The largest absolute Gasteiger partial charge is 0.481 e. The average Bonchev–Trinajstić information content (AvgIpc) is 2.14. The minimum Gasteiger partial charge on any atom is -0.481 e. The Kier molecular flexibility index (Phi) is 3.69. The van der Waals surface area contributed by atoms with E-state index in [0.29, 0.717) is 22.6 Å². The summed E-state index contributed by atoms with van der Waals surface area (Å²) in [4.78, 5) is 10.9. The van der Waals surface area contributed by atoms with Gasteiger partial charge in [0.25, 0.3) is 0 Å². The van der Waals surface area contributed by atoms with E-state index >= 15 is 0 Å². The number of aryl methyl sites for hydroxylation is 1. The predicted molar refractivity (Wildman–Crippen MR) is 56.8 cm³/mol. The van der Waals surface area contributed by atoms with Crippen LogP contribution in [0.5, 0.6) is 0 Å². The molecule has 2 nitrogen and oxygen atoms in total. The van der Waals surface area contributed by atoms with Crippen molar-refractivity contribution in [2.45, 2.75) is 26.2 Å². The van der Waals surface area contributed by atoms with Crippen LogP contribution >= 0.6 is 11.6 Å². The van der Waals surface area contributed by atoms with E-state index < -0.39 is 17.7 Å². The van der Waals surface area contributed by atoms with E-state index in [-0.39, 0.29) is 0 Å². The molecular weight excluding hydrogens is 219 g/mol. The SMILES string of the molecule is CCC(C(=O)O)c1cc(F)c(C)cc1Cl. The molecule has 15 heavy (non-hydrogen) atoms. The third kappa shape index (κ3) is 2.48. The summed E-state index contributed by atoms with van der Waals surface area (Å²) < 4.78 is 13.3. The first kappa shape index (κ1) is 12.0. The summed E-state index contributed by atoms with van der Waals surface area (Å²) in [5.74, 6) is -2.15. The fraction of sp³-hybridized carbons (Fsp3) is 0.364. The van der Waals surface area contributed by atoms with Crippen LogP contribution in [0.2, 0.25) is 5.02 Å². The molecule has 0 heterocycles. The fourth-order valence-corrected chi connectivity index (χ4v) is 1.81. The second-order valence-electron chi connectivity index (χ2n) is 3.42. The lowest BCUT2D eigenvalue weighted by Gasteiger charge is -2.13. The summed E-state index contributed by atoms with van der Waals surface area (Å²) in [6, 6.07) is 2.66. The molecule has 0 aromatic heterocycles. The number of carboxylic acid groups (broad SMARTS) is 1. The van der Waals surface area contributed by atoms with E-state index in [1.54, 1.807) is 13.8 Å². The number of carbonyl (C=O) groups is 1. The molecule has 1 aromatic rings. The number of hydrogen-bond acceptors (Lipinski definition) is 1. The highest BCUT2D eigenvalue weighted by Crippen LogP contribution is 2.29. The van der Waals surface area contributed by atoms with Gasteiger partial charge >= 0.3 is 5.97 Å². The van der Waals surface area contributed by atoms with Gasteiger partial charge in [0.05, 0.1) is 5.92 Å². The van der Waals surface area contributed by atoms with Crippen molar-refractivity contribution >= 4 is 17.6 Å². The lowest BCUT2D eigenvalue weighted by Crippen LogP contribution is -2.11. The van der Waals surface area contributed by atoms with Gasteiger partial charge in [-0.3, -0.25) is 4.79 Å². The van der Waals surface area contributed by atoms with Crippen molar-refractivity contribution in [2.75, 3.05) is 0 Å². The van der Waals surface area contributed by atoms with Crippen LogP contribution < -0.4 is 0 Å². The third-order valence-corrected chi connectivity index (χ3v) is 2.69. The Morgan fingerprint density at radius 3 is 2.67 bits per heavy atom. The molecule has 0 aliphatic carbocycles. The maximum Gasteiger partial charge on any atom is 0.311 e. The fourth-order valence-electron chi connectivity index (χ4n) is 1.46. The maximum atomic E-state index is 13.3. The van der Waals surface area contributed by atoms with Crippen LogP contribution in [-0.2, 0) is 4.79 Å². The number of hydrogen-bond donors (Lipinski definition) is 1. The molecule has 0 saturated carbocycles. The van der Waals surface area contributed by atoms with Gasteiger partial charge in [0, 0.05) is 5.02 Å². The van der Waals surface area contributed by atoms with Crippen LogP contribution in [-0.4, -0.2) is 11.1 Å². The first-order valence-electron chi connectivity index (χ1n) is 4.65. The minimum absolute atomic E-state index is 0.308. The number of rotatable bonds is 3. The zero-order valence-electron chi connectivity index (χ0n) is 8.55. The summed E-state index contributed by atoms with van der Waals surface area (Å²) in [6.45, 7) is 3.32. The summed E-state index contributed by atoms with van der Waals surface area (Å²) in [5.41, 5.74) is 0.763. The topological polar surface area (TPSA) is 37.3 Å². The number of aliphatic carboxylic acids is 1. The quantitative estimate of drug-likeness (QED) is 0.865. The number of carboxylic acids is 1. The van der Waals surface area contributed by atoms with Crippen LogP contribution in [0, 0.1) is 12.7 Å². The van der Waals surface area contributed by atoms with Crippen LogP contribution in [0.4, 0.5) is 4.39 Å². The van der Waals surface area contributed by atoms with E-state index in [1.807, 2.05) is 0 Å². The summed E-state index contributed by atoms with van der Waals surface area (Å²) in [6.07, 6.45) is 0.386. The molecule has 1 aromatic carbocycles. The Bertz CT molecular complexity index is 390. The normalized spacial score (nSPS) is 12.5. The van der Waals surface area contributed by atoms with Gasteiger partial charge in [-0.15, -0.1) is 0 Å². The smallest absolute Gasteiger partial charge is 0.311 e. The monoisotopic (exact) mass is 230 g/mol. The van der Waals surface area contributed by atoms with Crippen molar-refractivity contribution in [3.63, 3.8) is 0 Å². The van der Waals surface area contributed by atoms with Crippen molar-refractivity contribution in [1.29, 1.82) is 0 Å². The highest BCUT2D eigenvalue weighted by atomic mass is 35.5. The van der Waals surface area contributed by atoms with E-state index in [0.717, 1.165) is 0 Å². The number of benzene rings is 1. The first-order valence-corrected chi connectivity index (χ1v) is 5.03. The molecular formula is C11H12ClFO2. The standard InChI is InChI=1S/C11H12ClFO2/c1-3-7(11(14)15)8-5-10(13)6(2)4-9(8)12/h4-5,7H,3H2,1-2H3,(H,14,15). The van der Waals surface area contributed by atoms with E-state index in [2.05, 4.69) is 0 Å². The van der Waals surface area contributed by atoms with Crippen molar-refractivity contribution in [3.8, 4) is 0 Å². The van der Waals surface area contributed by atoms with E-state index in [4.69, 9.17) is 16.7 Å². The predicted octanol–water partition coefficient (Wildman–Crippen LogP) is 3.37. The molecule has 0 aliphatic rings. The molecule has 1 atom stereocenters. The Labute approximate surface area is 92.7 Å². The molecule has 0 saturated heterocycles. The molecule has 0 radical (unpaired) electrons. The van der Waals surface area contributed by atoms with Crippen LogP contribution in [0.3, 0.4) is 0 Å². The zero-order valence-corrected chi connectivity index (χ0v) is 9.31. The summed E-state index contributed by atoms with van der Waals surface area (Å²) in [7, 11) is 0. The zero-order chi connectivity index (χ0) is 11.6. The summed E-state index contributed by atoms with van der Waals surface area (Å²) in [5, 5.41) is 9.24. The lowest BCUT2D eigenvalue weighted by atomic mass is 9.95. The van der Waals surface area contributed by atoms with Gasteiger partial charge in [0.1, 0.15) is 5.82 Å². The van der Waals surface area contributed by atoms with Gasteiger partial charge in [0.2, 0.25) is 0 Å². The Morgan fingerprint density at radius 2 is 2.20 bits per heavy atom. The van der Waals surface area contributed by atoms with Gasteiger partial charge in [-0.2, -0.15) is 0 Å². The van der Waals surface area contributed by atoms with Gasteiger partial charge in [0.15, 0.2) is 0 Å². The second-order valence-corrected chi connectivity index (χ2v) is 3.83. The molecule has 0 aliphatic heterocycles. The van der Waals surface area contributed by atoms with Gasteiger partial charge < -0.3 is 5.11 Å². The molecule has 0 fully saturated rings. The molecule has 82 valence electrons. The highest BCUT2D eigenvalue weighted by Gasteiger charge is 2.21. The van der Waals surface area contributed by atoms with Crippen LogP contribution in [0.25, 0.3) is 0 Å².